The van der Waals surface area contributed by atoms with Gasteiger partial charge in [-0.1, -0.05) is 31.1 Å². The fourth-order valence-corrected chi connectivity index (χ4v) is 3.33. The van der Waals surface area contributed by atoms with Crippen molar-refractivity contribution in [1.29, 1.82) is 0 Å². The zero-order valence-electron chi connectivity index (χ0n) is 17.3. The number of pyridine rings is 1. The summed E-state index contributed by atoms with van der Waals surface area (Å²) in [5.41, 5.74) is 1.65. The van der Waals surface area contributed by atoms with Crippen molar-refractivity contribution in [3.8, 4) is 22.8 Å². The smallest absolute Gasteiger partial charge is 0.249 e. The van der Waals surface area contributed by atoms with E-state index >= 15 is 0 Å². The summed E-state index contributed by atoms with van der Waals surface area (Å²) in [7, 11) is 0. The number of anilines is 1. The summed E-state index contributed by atoms with van der Waals surface area (Å²) in [4.78, 5) is 8.56. The lowest BCUT2D eigenvalue weighted by molar-refractivity contribution is 0.335. The first-order chi connectivity index (χ1) is 15.6. The summed E-state index contributed by atoms with van der Waals surface area (Å²) in [5.74, 6) is 1.50. The van der Waals surface area contributed by atoms with Crippen molar-refractivity contribution in [2.75, 3.05) is 5.32 Å². The molecule has 4 aromatic heterocycles. The van der Waals surface area contributed by atoms with Crippen LogP contribution >= 0.6 is 0 Å². The molecule has 0 aliphatic rings. The minimum Gasteiger partial charge on any atom is -0.357 e. The highest BCUT2D eigenvalue weighted by molar-refractivity contribution is 5.60. The van der Waals surface area contributed by atoms with E-state index in [1.807, 2.05) is 26.0 Å². The molecular formula is C22H19FN8O. The number of rotatable bonds is 6. The largest absolute Gasteiger partial charge is 0.357 e. The highest BCUT2D eigenvalue weighted by Gasteiger charge is 2.24. The molecule has 0 bridgehead atoms. The van der Waals surface area contributed by atoms with Gasteiger partial charge in [-0.25, -0.2) is 4.39 Å². The highest BCUT2D eigenvalue weighted by Crippen LogP contribution is 2.27. The molecule has 9 nitrogen and oxygen atoms in total. The number of hydrogen-bond donors (Lipinski definition) is 1. The highest BCUT2D eigenvalue weighted by atomic mass is 19.1. The maximum Gasteiger partial charge on any atom is 0.249 e. The summed E-state index contributed by atoms with van der Waals surface area (Å²) in [5, 5.41) is 20.2. The van der Waals surface area contributed by atoms with Gasteiger partial charge in [0, 0.05) is 18.0 Å². The Morgan fingerprint density at radius 3 is 2.59 bits per heavy atom. The second-order valence-electron chi connectivity index (χ2n) is 7.55. The van der Waals surface area contributed by atoms with Crippen LogP contribution in [-0.4, -0.2) is 34.9 Å². The number of aromatic nitrogens is 7. The van der Waals surface area contributed by atoms with Gasteiger partial charge >= 0.3 is 0 Å². The lowest BCUT2D eigenvalue weighted by Gasteiger charge is -2.19. The first-order valence-corrected chi connectivity index (χ1v) is 10.1. The monoisotopic (exact) mass is 430 g/mol. The summed E-state index contributed by atoms with van der Waals surface area (Å²) >= 11 is 0. The van der Waals surface area contributed by atoms with Crippen molar-refractivity contribution in [2.24, 2.45) is 5.92 Å². The fraction of sp³-hybridized carbons (Fsp3) is 0.182. The van der Waals surface area contributed by atoms with Crippen LogP contribution in [0.5, 0.6) is 0 Å². The van der Waals surface area contributed by atoms with Crippen molar-refractivity contribution in [1.82, 2.24) is 34.9 Å². The maximum atomic E-state index is 14.3. The topological polar surface area (TPSA) is 107 Å². The molecule has 0 saturated carbocycles. The molecule has 160 valence electrons. The Morgan fingerprint density at radius 1 is 1.00 bits per heavy atom. The maximum absolute atomic E-state index is 14.3. The van der Waals surface area contributed by atoms with E-state index in [0.717, 1.165) is 5.56 Å². The third-order valence-electron chi connectivity index (χ3n) is 4.99. The summed E-state index contributed by atoms with van der Waals surface area (Å²) in [6.45, 7) is 4.08. The van der Waals surface area contributed by atoms with Crippen LogP contribution in [0.15, 0.2) is 65.4 Å². The van der Waals surface area contributed by atoms with Crippen molar-refractivity contribution in [3.63, 3.8) is 0 Å². The van der Waals surface area contributed by atoms with E-state index in [-0.39, 0.29) is 12.0 Å². The molecule has 4 heterocycles. The van der Waals surface area contributed by atoms with Crippen LogP contribution in [0.4, 0.5) is 10.2 Å². The first-order valence-electron chi connectivity index (χ1n) is 10.1. The molecule has 1 aromatic carbocycles. The zero-order valence-corrected chi connectivity index (χ0v) is 17.3. The Hall–Kier alpha value is -4.21. The molecule has 1 unspecified atom stereocenters. The van der Waals surface area contributed by atoms with E-state index in [4.69, 9.17) is 4.52 Å². The lowest BCUT2D eigenvalue weighted by Crippen LogP contribution is -2.18. The lowest BCUT2D eigenvalue weighted by atomic mass is 10.0. The Balaban J connectivity index is 1.48. The third kappa shape index (κ3) is 3.66. The molecule has 1 N–H and O–H groups in total. The molecular weight excluding hydrogens is 411 g/mol. The van der Waals surface area contributed by atoms with Crippen molar-refractivity contribution in [2.45, 2.75) is 19.9 Å². The number of nitrogens with zero attached hydrogens (tertiary/aromatic N) is 7. The molecule has 0 amide bonds. The van der Waals surface area contributed by atoms with Crippen LogP contribution in [0, 0.1) is 11.7 Å². The van der Waals surface area contributed by atoms with Crippen LogP contribution in [0.2, 0.25) is 0 Å². The predicted molar refractivity (Wildman–Crippen MR) is 115 cm³/mol. The van der Waals surface area contributed by atoms with Gasteiger partial charge in [-0.3, -0.25) is 4.98 Å². The number of benzene rings is 1. The minimum atomic E-state index is -0.392. The Morgan fingerprint density at radius 2 is 1.81 bits per heavy atom. The molecule has 0 radical (unpaired) electrons. The number of nitrogens with one attached hydrogen (secondary N) is 1. The van der Waals surface area contributed by atoms with E-state index in [9.17, 15) is 4.39 Å². The standard InChI is InChI=1S/C22H19FN8O/c1-13(2)19(22-26-20(30-32-22)14-9-11-24-12-10-14)25-17-7-8-18-27-28-21(31(18)29-17)15-5-3-4-6-16(15)23/h3-13,19H,1-2H3,(H,25,29). The van der Waals surface area contributed by atoms with Gasteiger partial charge in [0.25, 0.3) is 0 Å². The zero-order chi connectivity index (χ0) is 22.1. The first kappa shape index (κ1) is 19.7. The summed E-state index contributed by atoms with van der Waals surface area (Å²) in [6, 6.07) is 13.3. The molecule has 0 aliphatic carbocycles. The van der Waals surface area contributed by atoms with E-state index in [2.05, 4.69) is 35.7 Å². The van der Waals surface area contributed by atoms with Gasteiger partial charge in [0.05, 0.1) is 5.56 Å². The fourth-order valence-electron chi connectivity index (χ4n) is 3.33. The van der Waals surface area contributed by atoms with E-state index in [1.54, 1.807) is 42.7 Å². The summed E-state index contributed by atoms with van der Waals surface area (Å²) < 4.78 is 21.4. The molecule has 5 aromatic rings. The third-order valence-corrected chi connectivity index (χ3v) is 4.99. The van der Waals surface area contributed by atoms with Crippen LogP contribution in [-0.2, 0) is 0 Å². The van der Waals surface area contributed by atoms with Crippen LogP contribution in [0.1, 0.15) is 25.8 Å². The summed E-state index contributed by atoms with van der Waals surface area (Å²) in [6.07, 6.45) is 3.35. The van der Waals surface area contributed by atoms with Crippen molar-refractivity contribution >= 4 is 11.5 Å². The van der Waals surface area contributed by atoms with E-state index < -0.39 is 5.82 Å². The minimum absolute atomic E-state index is 0.116. The van der Waals surface area contributed by atoms with Crippen LogP contribution in [0.25, 0.3) is 28.4 Å². The quantitative estimate of drug-likeness (QED) is 0.427. The van der Waals surface area contributed by atoms with E-state index in [0.29, 0.717) is 34.6 Å². The average Bonchev–Trinajstić information content (AvgIpc) is 3.45. The molecule has 0 saturated heterocycles. The molecule has 1 atom stereocenters. The van der Waals surface area contributed by atoms with Gasteiger partial charge in [-0.05, 0) is 42.3 Å². The Kier molecular flexibility index (Phi) is 5.02. The SMILES string of the molecule is CC(C)C(Nc1ccc2nnc(-c3ccccc3F)n2n1)c1nc(-c2ccncc2)no1. The molecule has 32 heavy (non-hydrogen) atoms. The molecule has 0 spiro atoms. The Bertz CT molecular complexity index is 1360. The number of fused-ring (bicyclic) bond motifs is 1. The number of hydrogen-bond acceptors (Lipinski definition) is 8. The molecule has 0 fully saturated rings. The van der Waals surface area contributed by atoms with Gasteiger partial charge in [-0.15, -0.1) is 15.3 Å². The van der Waals surface area contributed by atoms with Crippen LogP contribution < -0.4 is 5.32 Å². The molecule has 10 heteroatoms. The number of halogens is 1. The van der Waals surface area contributed by atoms with E-state index in [1.165, 1.54) is 10.6 Å². The van der Waals surface area contributed by atoms with Gasteiger partial charge in [0.2, 0.25) is 11.7 Å². The Labute approximate surface area is 182 Å². The average molecular weight is 430 g/mol. The molecule has 0 aliphatic heterocycles. The predicted octanol–water partition coefficient (Wildman–Crippen LogP) is 4.18. The van der Waals surface area contributed by atoms with Crippen molar-refractivity contribution < 1.29 is 8.91 Å². The second-order valence-corrected chi connectivity index (χ2v) is 7.55. The van der Waals surface area contributed by atoms with Crippen LogP contribution in [0.3, 0.4) is 0 Å². The van der Waals surface area contributed by atoms with Gasteiger partial charge in [0.15, 0.2) is 11.5 Å². The normalized spacial score (nSPS) is 12.4. The van der Waals surface area contributed by atoms with Gasteiger partial charge in [-0.2, -0.15) is 9.50 Å². The second kappa shape index (κ2) is 8.14. The molecule has 5 rings (SSSR count). The van der Waals surface area contributed by atoms with Crippen molar-refractivity contribution in [3.05, 3.63) is 72.6 Å². The van der Waals surface area contributed by atoms with Gasteiger partial charge < -0.3 is 9.84 Å². The van der Waals surface area contributed by atoms with Gasteiger partial charge in [0.1, 0.15) is 17.7 Å².